The Morgan fingerprint density at radius 2 is 2.40 bits per heavy atom. The molecule has 0 aromatic heterocycles. The average Bonchev–Trinajstić information content (AvgIpc) is 1.87. The van der Waals surface area contributed by atoms with Crippen LogP contribution >= 0.6 is 0 Å². The monoisotopic (exact) mass is 141 g/mol. The summed E-state index contributed by atoms with van der Waals surface area (Å²) in [7, 11) is 1.67. The molecule has 0 unspecified atom stereocenters. The van der Waals surface area contributed by atoms with E-state index < -0.39 is 0 Å². The topological polar surface area (TPSA) is 56.1 Å². The number of carbonyl (C=O) groups is 1. The lowest BCUT2D eigenvalue weighted by atomic mass is 10.5. The summed E-state index contributed by atoms with van der Waals surface area (Å²) in [6, 6.07) is 0. The van der Waals surface area contributed by atoms with Crippen LogP contribution in [0.2, 0.25) is 0 Å². The van der Waals surface area contributed by atoms with Crippen LogP contribution in [0.4, 0.5) is 0 Å². The van der Waals surface area contributed by atoms with Crippen LogP contribution in [0, 0.1) is 11.5 Å². The highest BCUT2D eigenvalue weighted by Gasteiger charge is 1.92. The zero-order valence-electron chi connectivity index (χ0n) is 6.22. The van der Waals surface area contributed by atoms with E-state index in [2.05, 4.69) is 5.32 Å². The van der Waals surface area contributed by atoms with E-state index in [0.717, 1.165) is 0 Å². The molecule has 1 N–H and O–H groups in total. The highest BCUT2D eigenvalue weighted by atomic mass is 16.1. The van der Waals surface area contributed by atoms with Gasteiger partial charge in [0, 0.05) is 27.1 Å². The fourth-order valence-electron chi connectivity index (χ4n) is 0.450. The van der Waals surface area contributed by atoms with Crippen LogP contribution in [0.15, 0.2) is 0 Å². The van der Waals surface area contributed by atoms with Gasteiger partial charge in [-0.2, -0.15) is 5.26 Å². The quantitative estimate of drug-likeness (QED) is 0.427. The SMILES string of the molecule is CC(=O)NCCN(C)C#N. The van der Waals surface area contributed by atoms with E-state index in [1.807, 2.05) is 6.19 Å². The van der Waals surface area contributed by atoms with Gasteiger partial charge in [-0.05, 0) is 0 Å². The molecule has 0 heterocycles. The third-order valence-corrected chi connectivity index (χ3v) is 0.992. The lowest BCUT2D eigenvalue weighted by Gasteiger charge is -2.07. The number of nitrogens with one attached hydrogen (secondary N) is 1. The smallest absolute Gasteiger partial charge is 0.216 e. The van der Waals surface area contributed by atoms with Crippen LogP contribution < -0.4 is 5.32 Å². The molecule has 56 valence electrons. The molecule has 0 aliphatic carbocycles. The molecule has 0 atom stereocenters. The molecule has 0 aromatic rings. The molecule has 4 nitrogen and oxygen atoms in total. The molecule has 0 aromatic carbocycles. The van der Waals surface area contributed by atoms with Crippen LogP contribution in [0.3, 0.4) is 0 Å². The van der Waals surface area contributed by atoms with Crippen molar-refractivity contribution in [2.45, 2.75) is 6.92 Å². The number of likely N-dealkylation sites (N-methyl/N-ethyl adjacent to an activating group) is 1. The van der Waals surface area contributed by atoms with Crippen molar-refractivity contribution in [2.75, 3.05) is 20.1 Å². The summed E-state index contributed by atoms with van der Waals surface area (Å²) < 4.78 is 0. The first kappa shape index (κ1) is 8.76. The number of nitriles is 1. The Bertz CT molecular complexity index is 150. The van der Waals surface area contributed by atoms with Crippen LogP contribution in [0.1, 0.15) is 6.92 Å². The normalized spacial score (nSPS) is 8.10. The third-order valence-electron chi connectivity index (χ3n) is 0.992. The Kier molecular flexibility index (Phi) is 4.05. The largest absolute Gasteiger partial charge is 0.355 e. The Labute approximate surface area is 60.4 Å². The Balaban J connectivity index is 3.22. The molecule has 10 heavy (non-hydrogen) atoms. The Morgan fingerprint density at radius 3 is 2.80 bits per heavy atom. The van der Waals surface area contributed by atoms with Gasteiger partial charge in [0.05, 0.1) is 0 Å². The molecule has 0 aliphatic rings. The number of hydrogen-bond acceptors (Lipinski definition) is 3. The third kappa shape index (κ3) is 4.91. The number of hydrogen-bond donors (Lipinski definition) is 1. The van der Waals surface area contributed by atoms with E-state index in [4.69, 9.17) is 5.26 Å². The van der Waals surface area contributed by atoms with E-state index in [1.54, 1.807) is 7.05 Å². The maximum atomic E-state index is 10.3. The van der Waals surface area contributed by atoms with Crippen molar-refractivity contribution in [3.05, 3.63) is 0 Å². The Hall–Kier alpha value is -1.24. The molecule has 0 spiro atoms. The molecular weight excluding hydrogens is 130 g/mol. The number of amides is 1. The highest BCUT2D eigenvalue weighted by molar-refractivity contribution is 5.72. The molecule has 0 radical (unpaired) electrons. The predicted octanol–water partition coefficient (Wildman–Crippen LogP) is -0.465. The summed E-state index contributed by atoms with van der Waals surface area (Å²) in [4.78, 5) is 11.8. The van der Waals surface area contributed by atoms with Gasteiger partial charge in [-0.25, -0.2) is 0 Å². The minimum absolute atomic E-state index is 0.0636. The van der Waals surface area contributed by atoms with Crippen LogP contribution in [0.5, 0.6) is 0 Å². The second kappa shape index (κ2) is 4.62. The van der Waals surface area contributed by atoms with E-state index in [0.29, 0.717) is 13.1 Å². The van der Waals surface area contributed by atoms with Crippen molar-refractivity contribution < 1.29 is 4.79 Å². The van der Waals surface area contributed by atoms with Gasteiger partial charge in [-0.1, -0.05) is 0 Å². The zero-order chi connectivity index (χ0) is 7.98. The van der Waals surface area contributed by atoms with Crippen LogP contribution in [-0.4, -0.2) is 30.9 Å². The van der Waals surface area contributed by atoms with Crippen molar-refractivity contribution in [3.8, 4) is 6.19 Å². The van der Waals surface area contributed by atoms with E-state index in [9.17, 15) is 4.79 Å². The molecule has 0 saturated heterocycles. The van der Waals surface area contributed by atoms with E-state index in [-0.39, 0.29) is 5.91 Å². The maximum absolute atomic E-state index is 10.3. The minimum Gasteiger partial charge on any atom is -0.355 e. The fourth-order valence-corrected chi connectivity index (χ4v) is 0.450. The first-order valence-corrected chi connectivity index (χ1v) is 3.02. The van der Waals surface area contributed by atoms with Crippen molar-refractivity contribution in [1.82, 2.24) is 10.2 Å². The summed E-state index contributed by atoms with van der Waals surface area (Å²) in [6.45, 7) is 2.54. The molecular formula is C6H11N3O. The minimum atomic E-state index is -0.0636. The predicted molar refractivity (Wildman–Crippen MR) is 36.9 cm³/mol. The molecule has 1 amide bonds. The summed E-state index contributed by atoms with van der Waals surface area (Å²) in [5, 5.41) is 10.8. The van der Waals surface area contributed by atoms with Gasteiger partial charge in [0.2, 0.25) is 5.91 Å². The summed E-state index contributed by atoms with van der Waals surface area (Å²) >= 11 is 0. The lowest BCUT2D eigenvalue weighted by molar-refractivity contribution is -0.118. The van der Waals surface area contributed by atoms with Gasteiger partial charge >= 0.3 is 0 Å². The van der Waals surface area contributed by atoms with Gasteiger partial charge in [0.25, 0.3) is 0 Å². The molecule has 0 saturated carbocycles. The van der Waals surface area contributed by atoms with Gasteiger partial charge in [-0.15, -0.1) is 0 Å². The second-order valence-electron chi connectivity index (χ2n) is 2.00. The summed E-state index contributed by atoms with van der Waals surface area (Å²) in [6.07, 6.45) is 1.92. The molecule has 0 bridgehead atoms. The first-order valence-electron chi connectivity index (χ1n) is 3.02. The van der Waals surface area contributed by atoms with Gasteiger partial charge in [-0.3, -0.25) is 4.79 Å². The van der Waals surface area contributed by atoms with Crippen molar-refractivity contribution in [1.29, 1.82) is 5.26 Å². The molecule has 0 fully saturated rings. The van der Waals surface area contributed by atoms with Crippen LogP contribution in [-0.2, 0) is 4.79 Å². The van der Waals surface area contributed by atoms with Crippen molar-refractivity contribution >= 4 is 5.91 Å². The van der Waals surface area contributed by atoms with Gasteiger partial charge in [0.1, 0.15) is 0 Å². The summed E-state index contributed by atoms with van der Waals surface area (Å²) in [5.74, 6) is -0.0636. The standard InChI is InChI=1S/C6H11N3O/c1-6(10)8-3-4-9(2)5-7/h3-4H2,1-2H3,(H,8,10). The highest BCUT2D eigenvalue weighted by Crippen LogP contribution is 1.73. The van der Waals surface area contributed by atoms with E-state index in [1.165, 1.54) is 11.8 Å². The average molecular weight is 141 g/mol. The number of rotatable bonds is 3. The lowest BCUT2D eigenvalue weighted by Crippen LogP contribution is -2.29. The fraction of sp³-hybridized carbons (Fsp3) is 0.667. The van der Waals surface area contributed by atoms with Crippen molar-refractivity contribution in [2.24, 2.45) is 0 Å². The maximum Gasteiger partial charge on any atom is 0.216 e. The number of nitrogens with zero attached hydrogens (tertiary/aromatic N) is 2. The zero-order valence-corrected chi connectivity index (χ0v) is 6.22. The molecule has 4 heteroatoms. The summed E-state index contributed by atoms with van der Waals surface area (Å²) in [5.41, 5.74) is 0. The first-order chi connectivity index (χ1) is 4.66. The van der Waals surface area contributed by atoms with E-state index >= 15 is 0 Å². The Morgan fingerprint density at radius 1 is 1.80 bits per heavy atom. The van der Waals surface area contributed by atoms with Crippen LogP contribution in [0.25, 0.3) is 0 Å². The number of carbonyl (C=O) groups excluding carboxylic acids is 1. The van der Waals surface area contributed by atoms with Gasteiger partial charge < -0.3 is 10.2 Å². The molecule has 0 aliphatic heterocycles. The van der Waals surface area contributed by atoms with Gasteiger partial charge in [0.15, 0.2) is 6.19 Å². The van der Waals surface area contributed by atoms with Crippen molar-refractivity contribution in [3.63, 3.8) is 0 Å². The second-order valence-corrected chi connectivity index (χ2v) is 2.00. The molecule has 0 rings (SSSR count).